The molecule has 0 saturated carbocycles. The summed E-state index contributed by atoms with van der Waals surface area (Å²) >= 11 is 0. The quantitative estimate of drug-likeness (QED) is 0.106. The van der Waals surface area contributed by atoms with E-state index >= 15 is 0 Å². The van der Waals surface area contributed by atoms with Crippen LogP contribution in [0, 0.1) is 0 Å². The molecule has 9 aromatic rings. The normalized spacial score (nSPS) is 13.6. The Bertz CT molecular complexity index is 3330. The second kappa shape index (κ2) is 17.8. The third-order valence-corrected chi connectivity index (χ3v) is 13.6. The molecule has 0 bridgehead atoms. The zero-order valence-electron chi connectivity index (χ0n) is 37.5. The number of aryl methyl sites for hydroxylation is 1. The molecule has 0 aliphatic heterocycles. The summed E-state index contributed by atoms with van der Waals surface area (Å²) in [6.45, 7) is 14.6. The monoisotopic (exact) mass is 1020 g/mol. The molecule has 0 atom stereocenters. The molecule has 0 amide bonds. The summed E-state index contributed by atoms with van der Waals surface area (Å²) in [7, 11) is 0. The molecule has 0 unspecified atom stereocenters. The standard InChI is InChI=1S/C61H51N4.W/c1-5-22-53-45(7-3)51-39-52-46(8-4)57(23-6-2)64(60(52)40-56(51)61(53)54-33-16-12-29-47(54)48-30-13-17-34-55(48)61)44-28-20-26-42(38-44)27-21-37-63(41-43-24-10-9-11-25-43)62-65-58-35-18-14-31-49(58)50-32-15-19-36-59(50)65;/h5-20,22-26,28-36,38-40H,3-4,21,27,37,41H2,1-2H3;/q-1;/b22-5-,23-6-;. The van der Waals surface area contributed by atoms with E-state index in [2.05, 4.69) is 235 Å². The van der Waals surface area contributed by atoms with Gasteiger partial charge in [-0.3, -0.25) is 0 Å². The molecular weight excluding hydrogens is 973 g/mol. The Morgan fingerprint density at radius 3 is 1.85 bits per heavy atom. The molecule has 4 nitrogen and oxygen atoms in total. The molecule has 0 radical (unpaired) electrons. The molecule has 1 spiro atoms. The summed E-state index contributed by atoms with van der Waals surface area (Å²) in [6.07, 6.45) is 14.8. The van der Waals surface area contributed by atoms with Crippen molar-refractivity contribution >= 4 is 50.4 Å². The molecule has 2 aliphatic carbocycles. The average molecular weight is 1020 g/mol. The van der Waals surface area contributed by atoms with E-state index in [0.717, 1.165) is 52.9 Å². The maximum atomic E-state index is 5.38. The van der Waals surface area contributed by atoms with E-state index in [1.165, 1.54) is 71.8 Å². The van der Waals surface area contributed by atoms with E-state index in [1.54, 1.807) is 0 Å². The molecule has 322 valence electrons. The Morgan fingerprint density at radius 1 is 0.576 bits per heavy atom. The minimum Gasteiger partial charge on any atom is -0.552 e. The van der Waals surface area contributed by atoms with Crippen LogP contribution >= 0.6 is 0 Å². The summed E-state index contributed by atoms with van der Waals surface area (Å²) in [6, 6.07) is 59.8. The van der Waals surface area contributed by atoms with Crippen LogP contribution in [0.4, 0.5) is 0 Å². The molecule has 2 aromatic heterocycles. The van der Waals surface area contributed by atoms with Gasteiger partial charge in [-0.25, -0.2) is 0 Å². The molecule has 2 aliphatic rings. The second-order valence-corrected chi connectivity index (χ2v) is 17.2. The fraction of sp³-hybridized carbons (Fsp3) is 0.115. The first kappa shape index (κ1) is 42.9. The molecule has 66 heavy (non-hydrogen) atoms. The number of aromatic nitrogens is 2. The zero-order chi connectivity index (χ0) is 44.1. The molecule has 0 N–H and O–H groups in total. The number of hydrogen-bond acceptors (Lipinski definition) is 1. The second-order valence-electron chi connectivity index (χ2n) is 17.2. The van der Waals surface area contributed by atoms with Gasteiger partial charge in [-0.1, -0.05) is 171 Å². The zero-order valence-corrected chi connectivity index (χ0v) is 40.4. The summed E-state index contributed by atoms with van der Waals surface area (Å²) in [5, 5.41) is 5.84. The number of hydrogen-bond donors (Lipinski definition) is 0. The van der Waals surface area contributed by atoms with Crippen LogP contribution in [0.25, 0.3) is 72.8 Å². The van der Waals surface area contributed by atoms with Gasteiger partial charge in [0, 0.05) is 66.1 Å². The van der Waals surface area contributed by atoms with Crippen LogP contribution in [-0.2, 0) is 39.4 Å². The number of nitrogens with zero attached hydrogens (tertiary/aromatic N) is 4. The fourth-order valence-corrected chi connectivity index (χ4v) is 11.0. The van der Waals surface area contributed by atoms with Gasteiger partial charge in [-0.15, -0.1) is 0 Å². The van der Waals surface area contributed by atoms with E-state index in [1.807, 2.05) is 6.08 Å². The van der Waals surface area contributed by atoms with Crippen molar-refractivity contribution in [2.24, 2.45) is 0 Å². The summed E-state index contributed by atoms with van der Waals surface area (Å²) in [5.41, 5.74) is 24.3. The molecule has 5 heteroatoms. The van der Waals surface area contributed by atoms with Crippen LogP contribution in [0.1, 0.15) is 64.9 Å². The van der Waals surface area contributed by atoms with Gasteiger partial charge >= 0.3 is 0 Å². The van der Waals surface area contributed by atoms with Gasteiger partial charge in [-0.2, -0.15) is 0 Å². The first-order valence-electron chi connectivity index (χ1n) is 22.8. The first-order valence-corrected chi connectivity index (χ1v) is 22.8. The Kier molecular flexibility index (Phi) is 11.6. The van der Waals surface area contributed by atoms with Crippen molar-refractivity contribution in [2.45, 2.75) is 38.6 Å². The topological polar surface area (TPSA) is 27.2 Å². The van der Waals surface area contributed by atoms with Crippen LogP contribution in [0.15, 0.2) is 207 Å². The van der Waals surface area contributed by atoms with E-state index in [0.29, 0.717) is 6.54 Å². The smallest absolute Gasteiger partial charge is 0.0726 e. The largest absolute Gasteiger partial charge is 0.552 e. The average Bonchev–Trinajstić information content (AvgIpc) is 4.02. The van der Waals surface area contributed by atoms with Gasteiger partial charge in [0.05, 0.1) is 16.6 Å². The van der Waals surface area contributed by atoms with E-state index in [4.69, 9.17) is 5.53 Å². The Hall–Kier alpha value is -6.97. The summed E-state index contributed by atoms with van der Waals surface area (Å²) in [5.74, 6) is 0. The van der Waals surface area contributed by atoms with Gasteiger partial charge in [0.2, 0.25) is 0 Å². The van der Waals surface area contributed by atoms with Crippen molar-refractivity contribution in [2.75, 3.05) is 6.54 Å². The molecule has 7 aromatic carbocycles. The van der Waals surface area contributed by atoms with Crippen LogP contribution in [0.3, 0.4) is 0 Å². The molecule has 11 rings (SSSR count). The van der Waals surface area contributed by atoms with E-state index in [-0.39, 0.29) is 21.1 Å². The molecule has 2 heterocycles. The predicted molar refractivity (Wildman–Crippen MR) is 275 cm³/mol. The van der Waals surface area contributed by atoms with E-state index < -0.39 is 5.41 Å². The Balaban J connectivity index is 0.00000511. The van der Waals surface area contributed by atoms with Gasteiger partial charge in [0.1, 0.15) is 0 Å². The van der Waals surface area contributed by atoms with Gasteiger partial charge < -0.3 is 19.8 Å². The van der Waals surface area contributed by atoms with Crippen LogP contribution in [0.5, 0.6) is 0 Å². The summed E-state index contributed by atoms with van der Waals surface area (Å²) in [4.78, 5) is 0. The minimum atomic E-state index is -0.491. The predicted octanol–water partition coefficient (Wildman–Crippen LogP) is 15.4. The fourth-order valence-electron chi connectivity index (χ4n) is 11.0. The third kappa shape index (κ3) is 6.74. The van der Waals surface area contributed by atoms with Crippen molar-refractivity contribution in [1.82, 2.24) is 14.3 Å². The van der Waals surface area contributed by atoms with Gasteiger partial charge in [-0.05, 0) is 131 Å². The van der Waals surface area contributed by atoms with Crippen molar-refractivity contribution in [3.05, 3.63) is 257 Å². The van der Waals surface area contributed by atoms with Crippen LogP contribution < -0.4 is 0 Å². The molecular formula is C61H51N4W-. The Morgan fingerprint density at radius 2 is 1.20 bits per heavy atom. The SMILES string of the molecule is C=CC1=C(/C=C\C)C2(c3cc4c(cc31)c(C=C)c(/C=C\C)n4-c1cccc(CCCN(Cc3ccccc3)[N-]n3c4ccccc4c4ccccc43)c1)c1ccccc1-c1ccccc12.[W]. The van der Waals surface area contributed by atoms with Gasteiger partial charge in [0.15, 0.2) is 0 Å². The van der Waals surface area contributed by atoms with Crippen LogP contribution in [-0.4, -0.2) is 20.8 Å². The first-order chi connectivity index (χ1) is 32.1. The Labute approximate surface area is 402 Å². The minimum absolute atomic E-state index is 0. The third-order valence-electron chi connectivity index (χ3n) is 13.6. The maximum absolute atomic E-state index is 5.38. The number of allylic oxidation sites excluding steroid dienone is 6. The number of para-hydroxylation sites is 2. The number of fused-ring (bicyclic) bond motifs is 11. The molecule has 0 fully saturated rings. The number of benzene rings is 7. The van der Waals surface area contributed by atoms with Crippen molar-refractivity contribution in [3.63, 3.8) is 0 Å². The van der Waals surface area contributed by atoms with Crippen molar-refractivity contribution < 1.29 is 21.1 Å². The van der Waals surface area contributed by atoms with Crippen molar-refractivity contribution in [1.29, 1.82) is 0 Å². The van der Waals surface area contributed by atoms with Crippen LogP contribution in [0.2, 0.25) is 0 Å². The van der Waals surface area contributed by atoms with E-state index in [9.17, 15) is 0 Å². The summed E-state index contributed by atoms with van der Waals surface area (Å²) < 4.78 is 4.58. The molecule has 0 saturated heterocycles. The van der Waals surface area contributed by atoms with Crippen molar-refractivity contribution in [3.8, 4) is 16.8 Å². The maximum Gasteiger partial charge on any atom is 0.0726 e. The number of rotatable bonds is 13. The van der Waals surface area contributed by atoms with Gasteiger partial charge in [0.25, 0.3) is 0 Å².